The van der Waals surface area contributed by atoms with Gasteiger partial charge in [-0.25, -0.2) is 4.57 Å². The van der Waals surface area contributed by atoms with Gasteiger partial charge in [0.2, 0.25) is 0 Å². The molecule has 25 heavy (non-hydrogen) atoms. The highest BCUT2D eigenvalue weighted by Crippen LogP contribution is 2.70. The van der Waals surface area contributed by atoms with E-state index in [-0.39, 0.29) is 16.9 Å². The molecule has 7 nitrogen and oxygen atoms in total. The number of nitriles is 1. The molecule has 0 aromatic carbocycles. The third-order valence-corrected chi connectivity index (χ3v) is 8.77. The normalized spacial score (nSPS) is 15.7. The van der Waals surface area contributed by atoms with Crippen LogP contribution in [0.15, 0.2) is 0 Å². The maximum Gasteiger partial charge on any atom is 0.413 e. The molecule has 0 radical (unpaired) electrons. The quantitative estimate of drug-likeness (QED) is 0.352. The highest BCUT2D eigenvalue weighted by Gasteiger charge is 2.33. The van der Waals surface area contributed by atoms with Crippen molar-refractivity contribution in [1.29, 1.82) is 5.26 Å². The van der Waals surface area contributed by atoms with Crippen molar-refractivity contribution in [3.8, 4) is 17.1 Å². The summed E-state index contributed by atoms with van der Waals surface area (Å²) in [4.78, 5) is 4.44. The highest BCUT2D eigenvalue weighted by molar-refractivity contribution is 8.87. The third-order valence-electron chi connectivity index (χ3n) is 3.22. The van der Waals surface area contributed by atoms with Crippen molar-refractivity contribution in [2.75, 3.05) is 13.2 Å². The van der Waals surface area contributed by atoms with Crippen LogP contribution in [0.4, 0.5) is 0 Å². The zero-order valence-electron chi connectivity index (χ0n) is 14.1. The lowest BCUT2D eigenvalue weighted by atomic mass is 9.98. The van der Waals surface area contributed by atoms with Crippen LogP contribution in [0.1, 0.15) is 50.8 Å². The molecule has 1 aliphatic carbocycles. The molecule has 0 saturated heterocycles. The number of nitrogens with zero attached hydrogens (tertiary/aromatic N) is 2. The van der Waals surface area contributed by atoms with Crippen molar-refractivity contribution in [3.63, 3.8) is 0 Å². The van der Waals surface area contributed by atoms with Gasteiger partial charge in [-0.1, -0.05) is 17.8 Å². The van der Waals surface area contributed by atoms with E-state index < -0.39 is 5.77 Å². The molecule has 11 heteroatoms. The molecule has 1 aliphatic rings. The summed E-state index contributed by atoms with van der Waals surface area (Å²) >= 11 is 2.52. The lowest BCUT2D eigenvalue weighted by Gasteiger charge is -2.21. The predicted molar refractivity (Wildman–Crippen MR) is 101 cm³/mol. The Morgan fingerprint density at radius 3 is 2.44 bits per heavy atom. The summed E-state index contributed by atoms with van der Waals surface area (Å²) in [5.74, 6) is -3.42. The van der Waals surface area contributed by atoms with Crippen LogP contribution >= 0.6 is 40.4 Å². The van der Waals surface area contributed by atoms with Gasteiger partial charge >= 0.3 is 5.77 Å². The largest absolute Gasteiger partial charge is 0.467 e. The Morgan fingerprint density at radius 2 is 1.88 bits per heavy atom. The third kappa shape index (κ3) is 6.66. The van der Waals surface area contributed by atoms with Crippen LogP contribution in [0.2, 0.25) is 0 Å². The second kappa shape index (κ2) is 10.7. The monoisotopic (exact) mass is 424 g/mol. The SMILES string of the molecule is CCOSP(=O)(Oc1nc(OC2CCCCC2)sc1C#N)SOCC. The van der Waals surface area contributed by atoms with Crippen molar-refractivity contribution in [3.05, 3.63) is 4.88 Å². The van der Waals surface area contributed by atoms with Crippen LogP contribution < -0.4 is 9.26 Å². The Bertz CT molecular complexity index is 618. The minimum Gasteiger partial charge on any atom is -0.467 e. The van der Waals surface area contributed by atoms with Gasteiger partial charge in [0.1, 0.15) is 35.5 Å². The molecule has 140 valence electrons. The summed E-state index contributed by atoms with van der Waals surface area (Å²) in [6.07, 6.45) is 5.57. The minimum absolute atomic E-state index is 0.000971. The van der Waals surface area contributed by atoms with E-state index >= 15 is 0 Å². The molecule has 0 spiro atoms. The number of rotatable bonds is 10. The molecule has 0 aliphatic heterocycles. The molecule has 2 rings (SSSR count). The Balaban J connectivity index is 2.10. The molecule has 1 saturated carbocycles. The van der Waals surface area contributed by atoms with Gasteiger partial charge in [0.15, 0.2) is 4.88 Å². The summed E-state index contributed by atoms with van der Waals surface area (Å²) in [6, 6.07) is 2.02. The second-order valence-electron chi connectivity index (χ2n) is 5.10. The first-order valence-corrected chi connectivity index (χ1v) is 13.2. The van der Waals surface area contributed by atoms with Crippen molar-refractivity contribution < 1.29 is 22.2 Å². The number of thiazole rings is 1. The molecular formula is C14H21N2O5PS3. The smallest absolute Gasteiger partial charge is 0.413 e. The van der Waals surface area contributed by atoms with Crippen molar-refractivity contribution in [2.45, 2.75) is 52.1 Å². The van der Waals surface area contributed by atoms with Crippen LogP contribution in [0.25, 0.3) is 0 Å². The summed E-state index contributed by atoms with van der Waals surface area (Å²) in [5.41, 5.74) is 0. The maximum absolute atomic E-state index is 12.8. The first kappa shape index (κ1) is 20.9. The standard InChI is InChI=1S/C14H21N2O5PS3/c1-3-18-24-22(17,25-19-4-2)21-13-12(10-15)23-14(16-13)20-11-8-6-5-7-9-11/h11H,3-9H2,1-2H3. The molecule has 1 fully saturated rings. The zero-order chi connectivity index (χ0) is 18.1. The lowest BCUT2D eigenvalue weighted by Crippen LogP contribution is -2.19. The average Bonchev–Trinajstić information content (AvgIpc) is 3.00. The zero-order valence-corrected chi connectivity index (χ0v) is 17.5. The Morgan fingerprint density at radius 1 is 1.24 bits per heavy atom. The first-order valence-electron chi connectivity index (χ1n) is 8.09. The van der Waals surface area contributed by atoms with Gasteiger partial charge in [-0.2, -0.15) is 10.2 Å². The molecule has 0 amide bonds. The Labute approximate surface area is 160 Å². The summed E-state index contributed by atoms with van der Waals surface area (Å²) in [5, 5.41) is 9.67. The van der Waals surface area contributed by atoms with Gasteiger partial charge in [-0.15, -0.1) is 0 Å². The van der Waals surface area contributed by atoms with Gasteiger partial charge in [-0.3, -0.25) is 0 Å². The molecule has 0 bridgehead atoms. The van der Waals surface area contributed by atoms with Gasteiger partial charge in [0.05, 0.1) is 13.2 Å². The predicted octanol–water partition coefficient (Wildman–Crippen LogP) is 5.58. The van der Waals surface area contributed by atoms with E-state index in [0.717, 1.165) is 37.0 Å². The first-order chi connectivity index (χ1) is 12.1. The fourth-order valence-electron chi connectivity index (χ4n) is 2.18. The van der Waals surface area contributed by atoms with Gasteiger partial charge in [-0.05, 0) is 39.5 Å². The van der Waals surface area contributed by atoms with E-state index in [1.54, 1.807) is 13.8 Å². The Kier molecular flexibility index (Phi) is 8.90. The van der Waals surface area contributed by atoms with Crippen LogP contribution in [0.5, 0.6) is 11.1 Å². The number of ether oxygens (including phenoxy) is 1. The number of hydrogen-bond acceptors (Lipinski definition) is 10. The van der Waals surface area contributed by atoms with Gasteiger partial charge in [0, 0.05) is 0 Å². The lowest BCUT2D eigenvalue weighted by molar-refractivity contribution is 0.154. The van der Waals surface area contributed by atoms with Crippen molar-refractivity contribution >= 4 is 40.4 Å². The van der Waals surface area contributed by atoms with Crippen LogP contribution in [0.3, 0.4) is 0 Å². The fraction of sp³-hybridized carbons (Fsp3) is 0.714. The van der Waals surface area contributed by atoms with Gasteiger partial charge in [0.25, 0.3) is 11.1 Å². The highest BCUT2D eigenvalue weighted by atomic mass is 33.1. The van der Waals surface area contributed by atoms with Crippen LogP contribution in [-0.2, 0) is 12.9 Å². The van der Waals surface area contributed by atoms with Gasteiger partial charge < -0.3 is 17.6 Å². The molecule has 1 aromatic heterocycles. The van der Waals surface area contributed by atoms with E-state index in [1.807, 2.05) is 6.07 Å². The van der Waals surface area contributed by atoms with E-state index in [4.69, 9.17) is 17.6 Å². The van der Waals surface area contributed by atoms with Crippen molar-refractivity contribution in [2.24, 2.45) is 0 Å². The summed E-state index contributed by atoms with van der Waals surface area (Å²) in [7, 11) is 0. The molecule has 1 heterocycles. The maximum atomic E-state index is 12.8. The van der Waals surface area contributed by atoms with Crippen LogP contribution in [-0.4, -0.2) is 24.3 Å². The fourth-order valence-corrected chi connectivity index (χ4v) is 6.93. The van der Waals surface area contributed by atoms with E-state index in [2.05, 4.69) is 4.98 Å². The van der Waals surface area contributed by atoms with E-state index in [9.17, 15) is 9.83 Å². The number of hydrogen-bond donors (Lipinski definition) is 0. The average molecular weight is 425 g/mol. The molecule has 0 N–H and O–H groups in total. The molecule has 0 atom stereocenters. The number of aromatic nitrogens is 1. The Hall–Kier alpha value is -0.430. The van der Waals surface area contributed by atoms with Crippen LogP contribution in [0, 0.1) is 11.3 Å². The molecule has 1 aromatic rings. The summed E-state index contributed by atoms with van der Waals surface area (Å²) < 4.78 is 34.5. The van der Waals surface area contributed by atoms with E-state index in [0.29, 0.717) is 41.7 Å². The van der Waals surface area contributed by atoms with Crippen molar-refractivity contribution in [1.82, 2.24) is 4.98 Å². The topological polar surface area (TPSA) is 90.7 Å². The second-order valence-corrected chi connectivity index (χ2v) is 12.4. The molecule has 0 unspecified atom stereocenters. The van der Waals surface area contributed by atoms with E-state index in [1.165, 1.54) is 6.42 Å². The summed E-state index contributed by atoms with van der Waals surface area (Å²) in [6.45, 7) is 4.29. The minimum atomic E-state index is -3.42. The molecular weight excluding hydrogens is 403 g/mol.